The molecule has 21 heavy (non-hydrogen) atoms. The minimum Gasteiger partial charge on any atom is -0.444 e. The number of aromatic nitrogens is 3. The standard InChI is InChI=1S/C11H11ClN4O3S2/c1-2-7-5-13-8(19-7)6-14-21(17,18)10-9(12)15-11-16(10)3-4-20-11/h3-5,14H,2,6H2,1H3. The van der Waals surface area contributed by atoms with Crippen molar-refractivity contribution < 1.29 is 12.8 Å². The van der Waals surface area contributed by atoms with Gasteiger partial charge in [0.1, 0.15) is 5.76 Å². The number of hydrogen-bond acceptors (Lipinski definition) is 6. The molecule has 0 unspecified atom stereocenters. The van der Waals surface area contributed by atoms with Gasteiger partial charge in [-0.1, -0.05) is 18.5 Å². The van der Waals surface area contributed by atoms with Crippen LogP contribution in [0.5, 0.6) is 0 Å². The lowest BCUT2D eigenvalue weighted by molar-refractivity contribution is 0.452. The van der Waals surface area contributed by atoms with E-state index in [2.05, 4.69) is 14.7 Å². The van der Waals surface area contributed by atoms with Crippen LogP contribution in [0.25, 0.3) is 4.96 Å². The fraction of sp³-hybridized carbons (Fsp3) is 0.273. The molecule has 0 aliphatic carbocycles. The number of rotatable bonds is 5. The van der Waals surface area contributed by atoms with Crippen molar-refractivity contribution in [3.05, 3.63) is 34.6 Å². The molecule has 1 N–H and O–H groups in total. The van der Waals surface area contributed by atoms with Crippen LogP contribution in [0.3, 0.4) is 0 Å². The van der Waals surface area contributed by atoms with Crippen molar-refractivity contribution >= 4 is 37.9 Å². The second kappa shape index (κ2) is 5.41. The number of nitrogens with zero attached hydrogens (tertiary/aromatic N) is 3. The van der Waals surface area contributed by atoms with E-state index in [4.69, 9.17) is 16.0 Å². The largest absolute Gasteiger partial charge is 0.444 e. The Morgan fingerprint density at radius 1 is 1.52 bits per heavy atom. The van der Waals surface area contributed by atoms with Gasteiger partial charge in [-0.25, -0.2) is 23.1 Å². The number of nitrogens with one attached hydrogen (secondary N) is 1. The molecule has 0 bridgehead atoms. The minimum absolute atomic E-state index is 0.0456. The van der Waals surface area contributed by atoms with Crippen molar-refractivity contribution in [3.8, 4) is 0 Å². The monoisotopic (exact) mass is 346 g/mol. The van der Waals surface area contributed by atoms with Crippen molar-refractivity contribution in [2.24, 2.45) is 0 Å². The highest BCUT2D eigenvalue weighted by Crippen LogP contribution is 2.25. The molecule has 3 aromatic rings. The third-order valence-electron chi connectivity index (χ3n) is 2.80. The molecule has 0 aliphatic heterocycles. The van der Waals surface area contributed by atoms with Gasteiger partial charge in [-0.3, -0.25) is 4.40 Å². The van der Waals surface area contributed by atoms with Gasteiger partial charge in [-0.2, -0.15) is 0 Å². The summed E-state index contributed by atoms with van der Waals surface area (Å²) in [6.45, 7) is 1.88. The summed E-state index contributed by atoms with van der Waals surface area (Å²) in [5.74, 6) is 1.00. The van der Waals surface area contributed by atoms with Crippen LogP contribution in [0.4, 0.5) is 0 Å². The molecular formula is C11H11ClN4O3S2. The molecule has 3 aromatic heterocycles. The quantitative estimate of drug-likeness (QED) is 0.764. The summed E-state index contributed by atoms with van der Waals surface area (Å²) in [6.07, 6.45) is 3.88. The van der Waals surface area contributed by atoms with Crippen LogP contribution in [0.15, 0.2) is 27.2 Å². The number of oxazole rings is 1. The molecule has 0 saturated carbocycles. The Kier molecular flexibility index (Phi) is 3.74. The zero-order valence-electron chi connectivity index (χ0n) is 10.9. The highest BCUT2D eigenvalue weighted by Gasteiger charge is 2.25. The van der Waals surface area contributed by atoms with Crippen molar-refractivity contribution in [1.82, 2.24) is 19.1 Å². The van der Waals surface area contributed by atoms with Crippen LogP contribution in [0.2, 0.25) is 5.15 Å². The van der Waals surface area contributed by atoms with Gasteiger partial charge in [-0.05, 0) is 0 Å². The molecule has 3 heterocycles. The van der Waals surface area contributed by atoms with Gasteiger partial charge in [0.15, 0.2) is 15.1 Å². The first-order chi connectivity index (χ1) is 10.0. The molecule has 0 aliphatic rings. The van der Waals surface area contributed by atoms with E-state index in [9.17, 15) is 8.42 Å². The van der Waals surface area contributed by atoms with Gasteiger partial charge in [0, 0.05) is 18.0 Å². The van der Waals surface area contributed by atoms with Gasteiger partial charge < -0.3 is 4.42 Å². The Balaban J connectivity index is 1.86. The maximum Gasteiger partial charge on any atom is 0.260 e. The predicted octanol–water partition coefficient (Wildman–Crippen LogP) is 2.08. The second-order valence-corrected chi connectivity index (χ2v) is 7.08. The third-order valence-corrected chi connectivity index (χ3v) is 5.35. The fourth-order valence-electron chi connectivity index (χ4n) is 1.80. The van der Waals surface area contributed by atoms with Crippen LogP contribution in [0, 0.1) is 0 Å². The number of hydrogen-bond donors (Lipinski definition) is 1. The Hall–Kier alpha value is -1.42. The zero-order valence-corrected chi connectivity index (χ0v) is 13.3. The lowest BCUT2D eigenvalue weighted by Gasteiger charge is -2.04. The summed E-state index contributed by atoms with van der Waals surface area (Å²) in [7, 11) is -3.81. The van der Waals surface area contributed by atoms with Crippen molar-refractivity contribution in [3.63, 3.8) is 0 Å². The first-order valence-electron chi connectivity index (χ1n) is 6.05. The first kappa shape index (κ1) is 14.5. The molecule has 0 amide bonds. The van der Waals surface area contributed by atoms with E-state index in [1.807, 2.05) is 6.92 Å². The molecule has 112 valence electrons. The van der Waals surface area contributed by atoms with E-state index in [0.717, 1.165) is 0 Å². The molecular weight excluding hydrogens is 336 g/mol. The van der Waals surface area contributed by atoms with E-state index in [1.54, 1.807) is 17.8 Å². The van der Waals surface area contributed by atoms with E-state index in [0.29, 0.717) is 23.0 Å². The summed E-state index contributed by atoms with van der Waals surface area (Å²) < 4.78 is 33.9. The van der Waals surface area contributed by atoms with E-state index in [1.165, 1.54) is 15.7 Å². The Morgan fingerprint density at radius 2 is 2.33 bits per heavy atom. The Labute approximate surface area is 129 Å². The molecule has 0 saturated heterocycles. The summed E-state index contributed by atoms with van der Waals surface area (Å²) in [6, 6.07) is 0. The van der Waals surface area contributed by atoms with Crippen LogP contribution in [0.1, 0.15) is 18.6 Å². The number of imidazole rings is 1. The van der Waals surface area contributed by atoms with Crippen molar-refractivity contribution in [1.29, 1.82) is 0 Å². The molecule has 10 heteroatoms. The van der Waals surface area contributed by atoms with E-state index < -0.39 is 10.0 Å². The molecule has 0 aromatic carbocycles. The van der Waals surface area contributed by atoms with Crippen LogP contribution in [-0.2, 0) is 23.0 Å². The highest BCUT2D eigenvalue weighted by atomic mass is 35.5. The average molecular weight is 347 g/mol. The Bertz CT molecular complexity index is 880. The summed E-state index contributed by atoms with van der Waals surface area (Å²) in [4.78, 5) is 8.52. The summed E-state index contributed by atoms with van der Waals surface area (Å²) >= 11 is 7.22. The zero-order chi connectivity index (χ0) is 15.0. The third kappa shape index (κ3) is 2.69. The number of aryl methyl sites for hydroxylation is 1. The number of fused-ring (bicyclic) bond motifs is 1. The first-order valence-corrected chi connectivity index (χ1v) is 8.79. The molecule has 3 rings (SSSR count). The maximum atomic E-state index is 12.4. The minimum atomic E-state index is -3.81. The lowest BCUT2D eigenvalue weighted by Crippen LogP contribution is -2.24. The van der Waals surface area contributed by atoms with Crippen molar-refractivity contribution in [2.75, 3.05) is 0 Å². The molecule has 0 fully saturated rings. The normalized spacial score (nSPS) is 12.3. The average Bonchev–Trinajstić information content (AvgIpc) is 3.10. The number of halogens is 1. The molecule has 0 radical (unpaired) electrons. The van der Waals surface area contributed by atoms with Crippen molar-refractivity contribution in [2.45, 2.75) is 24.9 Å². The number of thiazole rings is 1. The predicted molar refractivity (Wildman–Crippen MR) is 78.0 cm³/mol. The SMILES string of the molecule is CCc1cnc(CNS(=O)(=O)c2c(Cl)nc3sccn23)o1. The summed E-state index contributed by atoms with van der Waals surface area (Å²) in [5, 5.41) is 1.60. The number of sulfonamides is 1. The van der Waals surface area contributed by atoms with Gasteiger partial charge in [0.05, 0.1) is 12.7 Å². The molecule has 7 nitrogen and oxygen atoms in total. The molecule has 0 spiro atoms. The van der Waals surface area contributed by atoms with Gasteiger partial charge in [0.25, 0.3) is 10.0 Å². The Morgan fingerprint density at radius 3 is 3.05 bits per heavy atom. The van der Waals surface area contributed by atoms with Gasteiger partial charge in [0.2, 0.25) is 5.89 Å². The van der Waals surface area contributed by atoms with E-state index >= 15 is 0 Å². The maximum absolute atomic E-state index is 12.4. The topological polar surface area (TPSA) is 89.5 Å². The van der Waals surface area contributed by atoms with Crippen LogP contribution in [-0.4, -0.2) is 22.8 Å². The van der Waals surface area contributed by atoms with Crippen LogP contribution < -0.4 is 4.72 Å². The van der Waals surface area contributed by atoms with Crippen LogP contribution >= 0.6 is 22.9 Å². The second-order valence-electron chi connectivity index (χ2n) is 4.16. The van der Waals surface area contributed by atoms with Gasteiger partial charge >= 0.3 is 0 Å². The van der Waals surface area contributed by atoms with E-state index in [-0.39, 0.29) is 16.7 Å². The summed E-state index contributed by atoms with van der Waals surface area (Å²) in [5.41, 5.74) is 0. The van der Waals surface area contributed by atoms with Gasteiger partial charge in [-0.15, -0.1) is 11.3 Å². The fourth-order valence-corrected chi connectivity index (χ4v) is 4.22. The lowest BCUT2D eigenvalue weighted by atomic mass is 10.4. The smallest absolute Gasteiger partial charge is 0.260 e. The highest BCUT2D eigenvalue weighted by molar-refractivity contribution is 7.89. The molecule has 0 atom stereocenters.